The van der Waals surface area contributed by atoms with Gasteiger partial charge in [0.1, 0.15) is 5.75 Å². The molecule has 0 fully saturated rings. The summed E-state index contributed by atoms with van der Waals surface area (Å²) in [7, 11) is -2.17. The largest absolute Gasteiger partial charge is 0.442 e. The van der Waals surface area contributed by atoms with Gasteiger partial charge in [0.15, 0.2) is 0 Å². The maximum absolute atomic E-state index is 11.8. The second-order valence-electron chi connectivity index (χ2n) is 3.07. The molecule has 0 amide bonds. The van der Waals surface area contributed by atoms with Crippen LogP contribution in [0.25, 0.3) is 0 Å². The van der Waals surface area contributed by atoms with Crippen molar-refractivity contribution >= 4 is 25.7 Å². The highest BCUT2D eigenvalue weighted by Gasteiger charge is 2.03. The third-order valence-corrected chi connectivity index (χ3v) is 3.19. The Morgan fingerprint density at radius 3 is 1.88 bits per heavy atom. The Kier molecular flexibility index (Phi) is 5.10. The molecule has 0 saturated heterocycles. The van der Waals surface area contributed by atoms with Crippen LogP contribution >= 0.6 is 20.4 Å². The van der Waals surface area contributed by atoms with Crippen molar-refractivity contribution in [1.82, 2.24) is 0 Å². The molecule has 0 N–H and O–H groups in total. The summed E-state index contributed by atoms with van der Waals surface area (Å²) in [5.74, 6) is 0.644. The van der Waals surface area contributed by atoms with Crippen molar-refractivity contribution < 1.29 is 9.09 Å². The molecule has 0 aliphatic heterocycles. The highest BCUT2D eigenvalue weighted by atomic mass is 35.5. The molecule has 1 unspecified atom stereocenters. The Bertz CT molecular complexity index is 445. The van der Waals surface area contributed by atoms with E-state index in [1.807, 2.05) is 48.5 Å². The Balaban J connectivity index is 0.00000128. The maximum Gasteiger partial charge on any atom is 0.265 e. The molecule has 4 heteroatoms. The van der Waals surface area contributed by atoms with E-state index in [4.69, 9.17) is 4.52 Å². The van der Waals surface area contributed by atoms with E-state index in [0.717, 1.165) is 5.30 Å². The number of benzene rings is 2. The van der Waals surface area contributed by atoms with Crippen LogP contribution in [0.1, 0.15) is 0 Å². The first kappa shape index (κ1) is 12.8. The SMILES string of the molecule is Cl.O=[PH](Oc1ccccc1)c1ccccc1. The zero-order valence-electron chi connectivity index (χ0n) is 8.50. The Morgan fingerprint density at radius 1 is 0.812 bits per heavy atom. The monoisotopic (exact) mass is 254 g/mol. The van der Waals surface area contributed by atoms with E-state index < -0.39 is 8.03 Å². The van der Waals surface area contributed by atoms with Gasteiger partial charge in [0.25, 0.3) is 8.03 Å². The average Bonchev–Trinajstić information content (AvgIpc) is 2.31. The van der Waals surface area contributed by atoms with E-state index in [0.29, 0.717) is 5.75 Å². The molecule has 0 bridgehead atoms. The van der Waals surface area contributed by atoms with Crippen molar-refractivity contribution in [3.05, 3.63) is 60.7 Å². The Morgan fingerprint density at radius 2 is 1.31 bits per heavy atom. The molecule has 0 heterocycles. The molecule has 0 saturated carbocycles. The third kappa shape index (κ3) is 3.41. The number of rotatable bonds is 3. The highest BCUT2D eigenvalue weighted by Crippen LogP contribution is 2.25. The summed E-state index contributed by atoms with van der Waals surface area (Å²) >= 11 is 0. The van der Waals surface area contributed by atoms with Gasteiger partial charge in [-0.15, -0.1) is 12.4 Å². The fourth-order valence-corrected chi connectivity index (χ4v) is 2.16. The molecule has 1 atom stereocenters. The zero-order chi connectivity index (χ0) is 10.5. The van der Waals surface area contributed by atoms with Gasteiger partial charge in [-0.1, -0.05) is 36.4 Å². The van der Waals surface area contributed by atoms with Crippen molar-refractivity contribution in [3.63, 3.8) is 0 Å². The topological polar surface area (TPSA) is 26.3 Å². The molecule has 0 aliphatic carbocycles. The standard InChI is InChI=1S/C12H11O2P.ClH/c13-15(12-9-5-2-6-10-12)14-11-7-3-1-4-8-11;/h1-10,15H;1H. The predicted octanol–water partition coefficient (Wildman–Crippen LogP) is 3.29. The lowest BCUT2D eigenvalue weighted by atomic mass is 10.3. The van der Waals surface area contributed by atoms with Crippen molar-refractivity contribution in [2.45, 2.75) is 0 Å². The minimum atomic E-state index is -2.17. The first-order valence-electron chi connectivity index (χ1n) is 4.68. The van der Waals surface area contributed by atoms with Crippen LogP contribution in [0.5, 0.6) is 5.75 Å². The quantitative estimate of drug-likeness (QED) is 0.786. The zero-order valence-corrected chi connectivity index (χ0v) is 10.3. The summed E-state index contributed by atoms with van der Waals surface area (Å²) in [5, 5.41) is 0.742. The molecule has 0 aromatic heterocycles. The number of hydrogen-bond acceptors (Lipinski definition) is 2. The molecule has 0 spiro atoms. The van der Waals surface area contributed by atoms with E-state index in [9.17, 15) is 4.57 Å². The minimum absolute atomic E-state index is 0. The van der Waals surface area contributed by atoms with Gasteiger partial charge >= 0.3 is 0 Å². The molecule has 0 radical (unpaired) electrons. The Hall–Kier alpha value is -1.24. The van der Waals surface area contributed by atoms with Gasteiger partial charge in [-0.05, 0) is 24.3 Å². The molecule has 2 aromatic rings. The maximum atomic E-state index is 11.8. The first-order chi connectivity index (χ1) is 7.36. The van der Waals surface area contributed by atoms with Crippen LogP contribution in [0, 0.1) is 0 Å². The summed E-state index contributed by atoms with van der Waals surface area (Å²) in [6, 6.07) is 18.4. The summed E-state index contributed by atoms with van der Waals surface area (Å²) in [5.41, 5.74) is 0. The molecule has 2 rings (SSSR count). The first-order valence-corrected chi connectivity index (χ1v) is 6.00. The summed E-state index contributed by atoms with van der Waals surface area (Å²) in [4.78, 5) is 0. The molecule has 0 aliphatic rings. The van der Waals surface area contributed by atoms with Crippen molar-refractivity contribution in [1.29, 1.82) is 0 Å². The second-order valence-corrected chi connectivity index (χ2v) is 4.42. The highest BCUT2D eigenvalue weighted by molar-refractivity contribution is 7.48. The summed E-state index contributed by atoms with van der Waals surface area (Å²) in [6.07, 6.45) is 0. The molecule has 2 aromatic carbocycles. The van der Waals surface area contributed by atoms with Crippen LogP contribution in [0.15, 0.2) is 60.7 Å². The van der Waals surface area contributed by atoms with Crippen LogP contribution in [0.4, 0.5) is 0 Å². The lowest BCUT2D eigenvalue weighted by molar-refractivity contribution is 0.514. The number of para-hydroxylation sites is 1. The second kappa shape index (κ2) is 6.37. The summed E-state index contributed by atoms with van der Waals surface area (Å²) < 4.78 is 17.1. The Labute approximate surface area is 102 Å². The van der Waals surface area contributed by atoms with Crippen LogP contribution in [0.3, 0.4) is 0 Å². The lowest BCUT2D eigenvalue weighted by Crippen LogP contribution is -1.98. The van der Waals surface area contributed by atoms with Gasteiger partial charge in [-0.2, -0.15) is 0 Å². The molecular weight excluding hydrogens is 243 g/mol. The van der Waals surface area contributed by atoms with Gasteiger partial charge < -0.3 is 4.52 Å². The van der Waals surface area contributed by atoms with Crippen LogP contribution in [0.2, 0.25) is 0 Å². The van der Waals surface area contributed by atoms with E-state index in [2.05, 4.69) is 0 Å². The van der Waals surface area contributed by atoms with Crippen molar-refractivity contribution in [2.75, 3.05) is 0 Å². The minimum Gasteiger partial charge on any atom is -0.442 e. The predicted molar refractivity (Wildman–Crippen MR) is 69.4 cm³/mol. The normalized spacial score (nSPS) is 11.2. The van der Waals surface area contributed by atoms with Gasteiger partial charge in [-0.25, -0.2) is 0 Å². The van der Waals surface area contributed by atoms with Gasteiger partial charge in [-0.3, -0.25) is 4.57 Å². The van der Waals surface area contributed by atoms with Crippen LogP contribution in [-0.4, -0.2) is 0 Å². The van der Waals surface area contributed by atoms with E-state index in [-0.39, 0.29) is 12.4 Å². The van der Waals surface area contributed by atoms with E-state index in [1.54, 1.807) is 12.1 Å². The third-order valence-electron chi connectivity index (χ3n) is 1.96. The van der Waals surface area contributed by atoms with E-state index in [1.165, 1.54) is 0 Å². The van der Waals surface area contributed by atoms with Crippen molar-refractivity contribution in [2.24, 2.45) is 0 Å². The lowest BCUT2D eigenvalue weighted by Gasteiger charge is -2.05. The molecule has 84 valence electrons. The average molecular weight is 255 g/mol. The van der Waals surface area contributed by atoms with Crippen LogP contribution in [-0.2, 0) is 4.57 Å². The van der Waals surface area contributed by atoms with Gasteiger partial charge in [0.2, 0.25) is 0 Å². The molecular formula is C12H12ClO2P. The van der Waals surface area contributed by atoms with Gasteiger partial charge in [0, 0.05) is 5.30 Å². The molecule has 16 heavy (non-hydrogen) atoms. The molecule has 2 nitrogen and oxygen atoms in total. The van der Waals surface area contributed by atoms with E-state index >= 15 is 0 Å². The van der Waals surface area contributed by atoms with Crippen LogP contribution < -0.4 is 9.83 Å². The fourth-order valence-electron chi connectivity index (χ4n) is 1.23. The van der Waals surface area contributed by atoms with Gasteiger partial charge in [0.05, 0.1) is 0 Å². The smallest absolute Gasteiger partial charge is 0.265 e. The summed E-state index contributed by atoms with van der Waals surface area (Å²) in [6.45, 7) is 0. The fraction of sp³-hybridized carbons (Fsp3) is 0. The number of hydrogen-bond donors (Lipinski definition) is 0. The number of halogens is 1. The van der Waals surface area contributed by atoms with Crippen molar-refractivity contribution in [3.8, 4) is 5.75 Å².